The Labute approximate surface area is 147 Å². The minimum absolute atomic E-state index is 0.102. The van der Waals surface area contributed by atoms with E-state index < -0.39 is 0 Å². The molecule has 1 N–H and O–H groups in total. The molecule has 0 amide bonds. The molecule has 1 aromatic heterocycles. The number of rotatable bonds is 4. The van der Waals surface area contributed by atoms with Crippen LogP contribution in [0, 0.1) is 0 Å². The molecule has 1 aromatic carbocycles. The molecular weight excluding hydrogens is 412 g/mol. The van der Waals surface area contributed by atoms with E-state index in [-0.39, 0.29) is 5.54 Å². The number of aromatic nitrogens is 1. The van der Waals surface area contributed by atoms with Gasteiger partial charge in [0.1, 0.15) is 5.03 Å². The maximum atomic E-state index is 4.43. The van der Waals surface area contributed by atoms with Crippen molar-refractivity contribution < 1.29 is 0 Å². The van der Waals surface area contributed by atoms with Crippen LogP contribution in [0.5, 0.6) is 0 Å². The molecule has 0 bridgehead atoms. The van der Waals surface area contributed by atoms with Gasteiger partial charge in [0.25, 0.3) is 0 Å². The monoisotopic (exact) mass is 428 g/mol. The maximum absolute atomic E-state index is 4.43. The zero-order chi connectivity index (χ0) is 15.5. The van der Waals surface area contributed by atoms with Gasteiger partial charge in [-0.15, -0.1) is 0 Å². The Morgan fingerprint density at radius 2 is 1.81 bits per heavy atom. The van der Waals surface area contributed by atoms with E-state index in [1.54, 1.807) is 11.8 Å². The van der Waals surface area contributed by atoms with Gasteiger partial charge >= 0.3 is 0 Å². The summed E-state index contributed by atoms with van der Waals surface area (Å²) in [6, 6.07) is 10.4. The Morgan fingerprint density at radius 3 is 2.43 bits per heavy atom. The molecular formula is C16H18Br2N2S. The van der Waals surface area contributed by atoms with E-state index in [9.17, 15) is 0 Å². The van der Waals surface area contributed by atoms with Gasteiger partial charge in [0, 0.05) is 32.1 Å². The van der Waals surface area contributed by atoms with Gasteiger partial charge in [-0.05, 0) is 66.5 Å². The second kappa shape index (κ2) is 7.27. The van der Waals surface area contributed by atoms with Crippen LogP contribution in [-0.2, 0) is 6.54 Å². The standard InChI is InChI=1S/C16H18Br2N2S/c1-16(2,3)20-9-11-4-5-12(17)8-14(11)21-15-7-6-13(18)10-19-15/h4-8,10,20H,9H2,1-3H3. The molecule has 0 fully saturated rings. The smallest absolute Gasteiger partial charge is 0.101 e. The van der Waals surface area contributed by atoms with Crippen LogP contribution in [0.15, 0.2) is 55.4 Å². The highest BCUT2D eigenvalue weighted by Crippen LogP contribution is 2.32. The lowest BCUT2D eigenvalue weighted by molar-refractivity contribution is 0.422. The van der Waals surface area contributed by atoms with Crippen molar-refractivity contribution >= 4 is 43.6 Å². The van der Waals surface area contributed by atoms with Gasteiger partial charge in [0.05, 0.1) is 0 Å². The molecule has 0 aliphatic heterocycles. The molecule has 2 aromatic rings. The van der Waals surface area contributed by atoms with Gasteiger partial charge in [-0.2, -0.15) is 0 Å². The van der Waals surface area contributed by atoms with Crippen molar-refractivity contribution in [1.29, 1.82) is 0 Å². The Kier molecular flexibility index (Phi) is 5.88. The Morgan fingerprint density at radius 1 is 1.10 bits per heavy atom. The lowest BCUT2D eigenvalue weighted by Gasteiger charge is -2.21. The lowest BCUT2D eigenvalue weighted by Crippen LogP contribution is -2.35. The Hall–Kier alpha value is -0.360. The summed E-state index contributed by atoms with van der Waals surface area (Å²) in [7, 11) is 0. The molecule has 21 heavy (non-hydrogen) atoms. The fourth-order valence-electron chi connectivity index (χ4n) is 1.67. The molecule has 5 heteroatoms. The van der Waals surface area contributed by atoms with Crippen molar-refractivity contribution in [3.8, 4) is 0 Å². The van der Waals surface area contributed by atoms with Gasteiger partial charge in [0.15, 0.2) is 0 Å². The molecule has 0 aliphatic carbocycles. The molecule has 0 saturated carbocycles. The van der Waals surface area contributed by atoms with Gasteiger partial charge in [0.2, 0.25) is 0 Å². The van der Waals surface area contributed by atoms with Crippen molar-refractivity contribution in [1.82, 2.24) is 10.3 Å². The molecule has 2 nitrogen and oxygen atoms in total. The summed E-state index contributed by atoms with van der Waals surface area (Å²) in [4.78, 5) is 5.65. The lowest BCUT2D eigenvalue weighted by atomic mass is 10.1. The summed E-state index contributed by atoms with van der Waals surface area (Å²) < 4.78 is 2.08. The molecule has 0 aliphatic rings. The topological polar surface area (TPSA) is 24.9 Å². The van der Waals surface area contributed by atoms with E-state index in [1.165, 1.54) is 10.5 Å². The summed E-state index contributed by atoms with van der Waals surface area (Å²) in [6.07, 6.45) is 1.83. The zero-order valence-electron chi connectivity index (χ0n) is 12.3. The van der Waals surface area contributed by atoms with Gasteiger partial charge in [-0.3, -0.25) is 0 Å². The molecule has 0 unspecified atom stereocenters. The quantitative estimate of drug-likeness (QED) is 0.679. The number of hydrogen-bond donors (Lipinski definition) is 1. The minimum Gasteiger partial charge on any atom is -0.308 e. The van der Waals surface area contributed by atoms with Crippen LogP contribution in [0.3, 0.4) is 0 Å². The van der Waals surface area contributed by atoms with Gasteiger partial charge in [-0.25, -0.2) is 4.98 Å². The van der Waals surface area contributed by atoms with Crippen LogP contribution >= 0.6 is 43.6 Å². The average molecular weight is 430 g/mol. The number of benzene rings is 1. The van der Waals surface area contributed by atoms with Crippen molar-refractivity contribution in [3.05, 3.63) is 51.0 Å². The second-order valence-corrected chi connectivity index (χ2v) is 8.67. The highest BCUT2D eigenvalue weighted by atomic mass is 79.9. The van der Waals surface area contributed by atoms with E-state index in [1.807, 2.05) is 18.3 Å². The van der Waals surface area contributed by atoms with Crippen LogP contribution in [0.1, 0.15) is 26.3 Å². The van der Waals surface area contributed by atoms with Crippen LogP contribution in [0.25, 0.3) is 0 Å². The molecule has 112 valence electrons. The first-order chi connectivity index (χ1) is 9.83. The molecule has 0 saturated heterocycles. The van der Waals surface area contributed by atoms with E-state index in [4.69, 9.17) is 0 Å². The van der Waals surface area contributed by atoms with Crippen LogP contribution in [-0.4, -0.2) is 10.5 Å². The largest absolute Gasteiger partial charge is 0.308 e. The van der Waals surface area contributed by atoms with Crippen LogP contribution < -0.4 is 5.32 Å². The van der Waals surface area contributed by atoms with Crippen LogP contribution in [0.4, 0.5) is 0 Å². The number of nitrogens with one attached hydrogen (secondary N) is 1. The zero-order valence-corrected chi connectivity index (χ0v) is 16.3. The summed E-state index contributed by atoms with van der Waals surface area (Å²) in [5, 5.41) is 4.53. The number of nitrogens with zero attached hydrogens (tertiary/aromatic N) is 1. The van der Waals surface area contributed by atoms with E-state index in [2.05, 4.69) is 81.1 Å². The highest BCUT2D eigenvalue weighted by molar-refractivity contribution is 9.10. The van der Waals surface area contributed by atoms with Gasteiger partial charge in [-0.1, -0.05) is 33.8 Å². The first-order valence-electron chi connectivity index (χ1n) is 6.66. The predicted octanol–water partition coefficient (Wildman–Crippen LogP) is 5.65. The third-order valence-electron chi connectivity index (χ3n) is 2.75. The third-order valence-corrected chi connectivity index (χ3v) is 4.77. The minimum atomic E-state index is 0.102. The van der Waals surface area contributed by atoms with Crippen molar-refractivity contribution in [3.63, 3.8) is 0 Å². The molecule has 0 radical (unpaired) electrons. The maximum Gasteiger partial charge on any atom is 0.101 e. The number of halogens is 2. The summed E-state index contributed by atoms with van der Waals surface area (Å²) >= 11 is 8.65. The Balaban J connectivity index is 2.20. The van der Waals surface area contributed by atoms with Crippen LogP contribution in [0.2, 0.25) is 0 Å². The van der Waals surface area contributed by atoms with Gasteiger partial charge < -0.3 is 5.32 Å². The number of pyridine rings is 1. The first kappa shape index (κ1) is 17.0. The fourth-order valence-corrected chi connectivity index (χ4v) is 3.34. The molecule has 0 atom stereocenters. The molecule has 1 heterocycles. The first-order valence-corrected chi connectivity index (χ1v) is 9.07. The predicted molar refractivity (Wildman–Crippen MR) is 96.8 cm³/mol. The SMILES string of the molecule is CC(C)(C)NCc1ccc(Br)cc1Sc1ccc(Br)cn1. The third kappa shape index (κ3) is 5.74. The van der Waals surface area contributed by atoms with E-state index >= 15 is 0 Å². The average Bonchev–Trinajstić information content (AvgIpc) is 2.39. The van der Waals surface area contributed by atoms with Crippen molar-refractivity contribution in [2.45, 2.75) is 42.8 Å². The second-order valence-electron chi connectivity index (χ2n) is 5.77. The van der Waals surface area contributed by atoms with Crippen molar-refractivity contribution in [2.75, 3.05) is 0 Å². The summed E-state index contributed by atoms with van der Waals surface area (Å²) in [5.41, 5.74) is 1.38. The fraction of sp³-hybridized carbons (Fsp3) is 0.312. The van der Waals surface area contributed by atoms with E-state index in [0.29, 0.717) is 0 Å². The number of hydrogen-bond acceptors (Lipinski definition) is 3. The molecule has 0 spiro atoms. The summed E-state index contributed by atoms with van der Waals surface area (Å²) in [6.45, 7) is 7.37. The summed E-state index contributed by atoms with van der Waals surface area (Å²) in [5.74, 6) is 0. The Bertz CT molecular complexity index is 607. The highest BCUT2D eigenvalue weighted by Gasteiger charge is 2.12. The normalized spacial score (nSPS) is 11.7. The van der Waals surface area contributed by atoms with E-state index in [0.717, 1.165) is 20.5 Å². The van der Waals surface area contributed by atoms with Crippen molar-refractivity contribution in [2.24, 2.45) is 0 Å². The molecule has 2 rings (SSSR count).